The molecule has 1 unspecified atom stereocenters. The van der Waals surface area contributed by atoms with Crippen LogP contribution in [0.15, 0.2) is 41.0 Å². The second-order valence-electron chi connectivity index (χ2n) is 6.23. The van der Waals surface area contributed by atoms with Crippen molar-refractivity contribution in [1.29, 1.82) is 0 Å². The van der Waals surface area contributed by atoms with E-state index < -0.39 is 0 Å². The van der Waals surface area contributed by atoms with Crippen LogP contribution < -0.4 is 10.1 Å². The molecule has 2 N–H and O–H groups in total. The Morgan fingerprint density at radius 2 is 2.33 bits per heavy atom. The summed E-state index contributed by atoms with van der Waals surface area (Å²) in [5, 5.41) is 4.14. The number of carbonyl (C=O) groups is 1. The summed E-state index contributed by atoms with van der Waals surface area (Å²) in [5.74, 6) is 1.71. The Bertz CT molecular complexity index is 864. The smallest absolute Gasteiger partial charge is 0.223 e. The number of hydrogen-bond acceptors (Lipinski definition) is 3. The number of aryl methyl sites for hydroxylation is 1. The van der Waals surface area contributed by atoms with Crippen LogP contribution in [-0.4, -0.2) is 18.0 Å². The lowest BCUT2D eigenvalue weighted by molar-refractivity contribution is -0.125. The third-order valence-electron chi connectivity index (χ3n) is 4.78. The molecule has 0 spiro atoms. The van der Waals surface area contributed by atoms with Crippen molar-refractivity contribution in [3.63, 3.8) is 0 Å². The van der Waals surface area contributed by atoms with Crippen LogP contribution in [0.2, 0.25) is 0 Å². The molecule has 5 heteroatoms. The first kappa shape index (κ1) is 14.9. The first-order valence-corrected chi connectivity index (χ1v) is 8.22. The van der Waals surface area contributed by atoms with Gasteiger partial charge in [0.1, 0.15) is 11.5 Å². The SMILES string of the molecule is COc1ccc2[nH]c3c(c2c1)CC(C(=O)NCc1ccco1)CC3. The fourth-order valence-corrected chi connectivity index (χ4v) is 3.48. The first-order chi connectivity index (χ1) is 11.7. The molecule has 5 nitrogen and oxygen atoms in total. The monoisotopic (exact) mass is 324 g/mol. The van der Waals surface area contributed by atoms with Gasteiger partial charge in [0.25, 0.3) is 0 Å². The fourth-order valence-electron chi connectivity index (χ4n) is 3.48. The van der Waals surface area contributed by atoms with Gasteiger partial charge < -0.3 is 19.5 Å². The highest BCUT2D eigenvalue weighted by Crippen LogP contribution is 2.33. The van der Waals surface area contributed by atoms with E-state index in [2.05, 4.69) is 10.3 Å². The van der Waals surface area contributed by atoms with Crippen LogP contribution in [0.3, 0.4) is 0 Å². The van der Waals surface area contributed by atoms with Gasteiger partial charge in [0.15, 0.2) is 0 Å². The van der Waals surface area contributed by atoms with Crippen LogP contribution in [0.5, 0.6) is 5.75 Å². The number of aromatic amines is 1. The Hall–Kier alpha value is -2.69. The second kappa shape index (κ2) is 6.07. The number of benzene rings is 1. The average molecular weight is 324 g/mol. The third kappa shape index (κ3) is 2.66. The van der Waals surface area contributed by atoms with E-state index in [-0.39, 0.29) is 11.8 Å². The van der Waals surface area contributed by atoms with E-state index >= 15 is 0 Å². The number of rotatable bonds is 4. The molecule has 3 aromatic rings. The van der Waals surface area contributed by atoms with Crippen LogP contribution in [0.1, 0.15) is 23.4 Å². The number of H-pyrrole nitrogens is 1. The normalized spacial score (nSPS) is 16.8. The molecule has 1 aliphatic rings. The number of aromatic nitrogens is 1. The van der Waals surface area contributed by atoms with E-state index in [4.69, 9.17) is 9.15 Å². The van der Waals surface area contributed by atoms with Crippen molar-refractivity contribution in [3.05, 3.63) is 53.6 Å². The Labute approximate surface area is 140 Å². The molecule has 24 heavy (non-hydrogen) atoms. The van der Waals surface area contributed by atoms with E-state index in [1.54, 1.807) is 13.4 Å². The minimum Gasteiger partial charge on any atom is -0.497 e. The van der Waals surface area contributed by atoms with Gasteiger partial charge in [0, 0.05) is 22.5 Å². The Balaban J connectivity index is 1.52. The largest absolute Gasteiger partial charge is 0.497 e. The van der Waals surface area contributed by atoms with Gasteiger partial charge in [0.2, 0.25) is 5.91 Å². The van der Waals surface area contributed by atoms with Gasteiger partial charge in [-0.25, -0.2) is 0 Å². The summed E-state index contributed by atoms with van der Waals surface area (Å²) in [7, 11) is 1.67. The van der Waals surface area contributed by atoms with Gasteiger partial charge >= 0.3 is 0 Å². The summed E-state index contributed by atoms with van der Waals surface area (Å²) in [4.78, 5) is 16.0. The van der Waals surface area contributed by atoms with Gasteiger partial charge in [-0.15, -0.1) is 0 Å². The number of ether oxygens (including phenoxy) is 1. The molecule has 1 aliphatic carbocycles. The minimum atomic E-state index is -0.00216. The first-order valence-electron chi connectivity index (χ1n) is 8.22. The molecule has 0 fully saturated rings. The van der Waals surface area contributed by atoms with E-state index in [9.17, 15) is 4.79 Å². The highest BCUT2D eigenvalue weighted by molar-refractivity contribution is 5.88. The maximum absolute atomic E-state index is 12.5. The Morgan fingerprint density at radius 3 is 3.12 bits per heavy atom. The van der Waals surface area contributed by atoms with E-state index in [1.165, 1.54) is 11.3 Å². The van der Waals surface area contributed by atoms with Crippen molar-refractivity contribution in [2.45, 2.75) is 25.8 Å². The highest BCUT2D eigenvalue weighted by Gasteiger charge is 2.27. The topological polar surface area (TPSA) is 67.3 Å². The molecule has 1 aromatic carbocycles. The summed E-state index contributed by atoms with van der Waals surface area (Å²) >= 11 is 0. The molecule has 2 heterocycles. The van der Waals surface area contributed by atoms with Crippen LogP contribution in [-0.2, 0) is 24.2 Å². The van der Waals surface area contributed by atoms with Crippen LogP contribution in [0.25, 0.3) is 10.9 Å². The third-order valence-corrected chi connectivity index (χ3v) is 4.78. The van der Waals surface area contributed by atoms with Crippen molar-refractivity contribution in [2.75, 3.05) is 7.11 Å². The lowest BCUT2D eigenvalue weighted by Crippen LogP contribution is -2.33. The summed E-state index contributed by atoms with van der Waals surface area (Å²) in [6.45, 7) is 0.441. The molecule has 124 valence electrons. The molecule has 0 saturated heterocycles. The Kier molecular flexibility index (Phi) is 3.76. The van der Waals surface area contributed by atoms with Gasteiger partial charge in [-0.05, 0) is 55.2 Å². The van der Waals surface area contributed by atoms with Crippen molar-refractivity contribution >= 4 is 16.8 Å². The Morgan fingerprint density at radius 1 is 1.42 bits per heavy atom. The lowest BCUT2D eigenvalue weighted by Gasteiger charge is -2.21. The van der Waals surface area contributed by atoms with Gasteiger partial charge in [-0.2, -0.15) is 0 Å². The number of amides is 1. The van der Waals surface area contributed by atoms with Crippen LogP contribution >= 0.6 is 0 Å². The zero-order valence-electron chi connectivity index (χ0n) is 13.6. The number of fused-ring (bicyclic) bond motifs is 3. The summed E-state index contributed by atoms with van der Waals surface area (Å²) in [5.41, 5.74) is 3.60. The molecular weight excluding hydrogens is 304 g/mol. The zero-order valence-corrected chi connectivity index (χ0v) is 13.6. The van der Waals surface area contributed by atoms with Crippen molar-refractivity contribution < 1.29 is 13.9 Å². The predicted molar refractivity (Wildman–Crippen MR) is 90.9 cm³/mol. The molecular formula is C19H20N2O3. The number of methoxy groups -OCH3 is 1. The fraction of sp³-hybridized carbons (Fsp3) is 0.316. The van der Waals surface area contributed by atoms with Crippen molar-refractivity contribution in [3.8, 4) is 5.75 Å². The van der Waals surface area contributed by atoms with E-state index in [1.807, 2.05) is 30.3 Å². The van der Waals surface area contributed by atoms with Crippen molar-refractivity contribution in [2.24, 2.45) is 5.92 Å². The molecule has 0 saturated carbocycles. The van der Waals surface area contributed by atoms with Crippen LogP contribution in [0, 0.1) is 5.92 Å². The van der Waals surface area contributed by atoms with Gasteiger partial charge in [-0.1, -0.05) is 0 Å². The van der Waals surface area contributed by atoms with Crippen molar-refractivity contribution in [1.82, 2.24) is 10.3 Å². The standard InChI is InChI=1S/C19H20N2O3/c1-23-13-5-7-18-16(10-13)15-9-12(4-6-17(15)21-18)19(22)20-11-14-3-2-8-24-14/h2-3,5,7-8,10,12,21H,4,6,9,11H2,1H3,(H,20,22). The minimum absolute atomic E-state index is 0.00216. The number of furan rings is 1. The summed E-state index contributed by atoms with van der Waals surface area (Å²) in [6.07, 6.45) is 4.13. The number of hydrogen-bond donors (Lipinski definition) is 2. The summed E-state index contributed by atoms with van der Waals surface area (Å²) < 4.78 is 10.6. The maximum atomic E-state index is 12.5. The molecule has 4 rings (SSSR count). The van der Waals surface area contributed by atoms with Gasteiger partial charge in [-0.3, -0.25) is 4.79 Å². The summed E-state index contributed by atoms with van der Waals surface area (Å²) in [6, 6.07) is 9.74. The van der Waals surface area contributed by atoms with E-state index in [0.717, 1.165) is 41.7 Å². The maximum Gasteiger partial charge on any atom is 0.223 e. The zero-order chi connectivity index (χ0) is 16.5. The molecule has 0 bridgehead atoms. The molecule has 1 amide bonds. The molecule has 0 radical (unpaired) electrons. The lowest BCUT2D eigenvalue weighted by atomic mass is 9.86. The number of carbonyl (C=O) groups excluding carboxylic acids is 1. The predicted octanol–water partition coefficient (Wildman–Crippen LogP) is 3.19. The highest BCUT2D eigenvalue weighted by atomic mass is 16.5. The van der Waals surface area contributed by atoms with Gasteiger partial charge in [0.05, 0.1) is 19.9 Å². The molecule has 2 aromatic heterocycles. The van der Waals surface area contributed by atoms with E-state index in [0.29, 0.717) is 6.54 Å². The molecule has 1 atom stereocenters. The molecule has 0 aliphatic heterocycles. The average Bonchev–Trinajstić information content (AvgIpc) is 3.26. The second-order valence-corrected chi connectivity index (χ2v) is 6.23. The number of nitrogens with one attached hydrogen (secondary N) is 2. The van der Waals surface area contributed by atoms with Crippen LogP contribution in [0.4, 0.5) is 0 Å². The quantitative estimate of drug-likeness (QED) is 0.774.